The maximum Gasteiger partial charge on any atom is 0.191 e. The number of likely N-dealkylation sites (N-methyl/N-ethyl adjacent to an activating group) is 1. The molecule has 2 N–H and O–H groups in total. The van der Waals surface area contributed by atoms with Gasteiger partial charge in [0.15, 0.2) is 5.96 Å². The van der Waals surface area contributed by atoms with Crippen molar-refractivity contribution in [2.45, 2.75) is 30.8 Å². The molecule has 0 spiro atoms. The van der Waals surface area contributed by atoms with Crippen LogP contribution in [0.3, 0.4) is 0 Å². The molecule has 144 valence electrons. The Morgan fingerprint density at radius 1 is 1.27 bits per heavy atom. The molecule has 1 aromatic rings. The number of nitrogens with zero attached hydrogens (tertiary/aromatic N) is 3. The second-order valence-corrected chi connectivity index (χ2v) is 7.57. The molecule has 1 aromatic carbocycles. The van der Waals surface area contributed by atoms with Crippen LogP contribution in [0.25, 0.3) is 0 Å². The summed E-state index contributed by atoms with van der Waals surface area (Å²) >= 11 is 0. The van der Waals surface area contributed by atoms with E-state index >= 15 is 0 Å². The summed E-state index contributed by atoms with van der Waals surface area (Å²) in [6.45, 7) is 4.65. The zero-order chi connectivity index (χ0) is 18.4. The van der Waals surface area contributed by atoms with E-state index in [1.165, 1.54) is 5.69 Å². The average molecular weight is 360 g/mol. The third kappa shape index (κ3) is 4.48. The van der Waals surface area contributed by atoms with E-state index in [1.807, 2.05) is 7.05 Å². The highest BCUT2D eigenvalue weighted by Crippen LogP contribution is 2.25. The van der Waals surface area contributed by atoms with E-state index in [0.29, 0.717) is 6.04 Å². The van der Waals surface area contributed by atoms with E-state index in [4.69, 9.17) is 4.74 Å². The van der Waals surface area contributed by atoms with E-state index in [1.54, 1.807) is 0 Å². The molecule has 0 amide bonds. The Kier molecular flexibility index (Phi) is 6.38. The molecule has 1 unspecified atom stereocenters. The Morgan fingerprint density at radius 2 is 2.00 bits per heavy atom. The Morgan fingerprint density at radius 3 is 2.65 bits per heavy atom. The molecule has 6 nitrogen and oxygen atoms in total. The van der Waals surface area contributed by atoms with Crippen LogP contribution in [0, 0.1) is 0 Å². The Balaban J connectivity index is 1.52. The largest absolute Gasteiger partial charge is 0.381 e. The standard InChI is InChI=1S/C20H33N5O/c1-21-19(22-16-20(24(2)3)10-13-26-14-11-20)23-17-9-12-25(15-17)18-7-5-4-6-8-18/h4-8,17H,9-16H2,1-3H3,(H2,21,22,23). The third-order valence-electron chi connectivity index (χ3n) is 5.83. The molecule has 0 radical (unpaired) electrons. The summed E-state index contributed by atoms with van der Waals surface area (Å²) < 4.78 is 5.56. The van der Waals surface area contributed by atoms with Gasteiger partial charge in [-0.2, -0.15) is 0 Å². The van der Waals surface area contributed by atoms with Crippen LogP contribution in [0.4, 0.5) is 5.69 Å². The lowest BCUT2D eigenvalue weighted by Crippen LogP contribution is -2.57. The van der Waals surface area contributed by atoms with Gasteiger partial charge >= 0.3 is 0 Å². The summed E-state index contributed by atoms with van der Waals surface area (Å²) in [6, 6.07) is 11.1. The highest BCUT2D eigenvalue weighted by atomic mass is 16.5. The van der Waals surface area contributed by atoms with Gasteiger partial charge in [0.1, 0.15) is 0 Å². The van der Waals surface area contributed by atoms with Crippen LogP contribution in [0.2, 0.25) is 0 Å². The van der Waals surface area contributed by atoms with Crippen molar-refractivity contribution in [2.24, 2.45) is 4.99 Å². The fourth-order valence-electron chi connectivity index (χ4n) is 3.92. The Labute approximate surface area is 157 Å². The van der Waals surface area contributed by atoms with Gasteiger partial charge in [-0.1, -0.05) is 18.2 Å². The number of rotatable bonds is 5. The van der Waals surface area contributed by atoms with Crippen molar-refractivity contribution >= 4 is 11.6 Å². The van der Waals surface area contributed by atoms with Gasteiger partial charge in [-0.25, -0.2) is 0 Å². The van der Waals surface area contributed by atoms with Crippen LogP contribution in [0.5, 0.6) is 0 Å². The predicted octanol–water partition coefficient (Wildman–Crippen LogP) is 1.54. The fourth-order valence-corrected chi connectivity index (χ4v) is 3.92. The second kappa shape index (κ2) is 8.73. The van der Waals surface area contributed by atoms with E-state index in [2.05, 4.69) is 69.9 Å². The van der Waals surface area contributed by atoms with E-state index in [9.17, 15) is 0 Å². The van der Waals surface area contributed by atoms with Gasteiger partial charge in [0.25, 0.3) is 0 Å². The SMILES string of the molecule is CN=C(NCC1(N(C)C)CCOCC1)NC1CCN(c2ccccc2)C1. The normalized spacial score (nSPS) is 23.3. The first-order valence-electron chi connectivity index (χ1n) is 9.65. The first-order valence-corrected chi connectivity index (χ1v) is 9.65. The number of anilines is 1. The summed E-state index contributed by atoms with van der Waals surface area (Å²) in [4.78, 5) is 9.22. The van der Waals surface area contributed by atoms with Crippen LogP contribution in [-0.4, -0.2) is 76.4 Å². The van der Waals surface area contributed by atoms with Crippen molar-refractivity contribution < 1.29 is 4.74 Å². The quantitative estimate of drug-likeness (QED) is 0.617. The summed E-state index contributed by atoms with van der Waals surface area (Å²) in [5.74, 6) is 0.901. The molecule has 1 atom stereocenters. The molecular formula is C20H33N5O. The molecule has 2 aliphatic rings. The van der Waals surface area contributed by atoms with Crippen molar-refractivity contribution in [2.75, 3.05) is 58.9 Å². The zero-order valence-corrected chi connectivity index (χ0v) is 16.4. The smallest absolute Gasteiger partial charge is 0.191 e. The van der Waals surface area contributed by atoms with Gasteiger partial charge in [-0.05, 0) is 45.5 Å². The fraction of sp³-hybridized carbons (Fsp3) is 0.650. The summed E-state index contributed by atoms with van der Waals surface area (Å²) in [5.41, 5.74) is 1.44. The summed E-state index contributed by atoms with van der Waals surface area (Å²) in [5, 5.41) is 7.17. The van der Waals surface area contributed by atoms with Crippen molar-refractivity contribution in [3.8, 4) is 0 Å². The lowest BCUT2D eigenvalue weighted by atomic mass is 9.88. The first-order chi connectivity index (χ1) is 12.6. The molecular weight excluding hydrogens is 326 g/mol. The molecule has 0 bridgehead atoms. The number of guanidine groups is 1. The van der Waals surface area contributed by atoms with Crippen molar-refractivity contribution in [3.63, 3.8) is 0 Å². The van der Waals surface area contributed by atoms with Gasteiger partial charge < -0.3 is 25.2 Å². The third-order valence-corrected chi connectivity index (χ3v) is 5.83. The highest BCUT2D eigenvalue weighted by molar-refractivity contribution is 5.80. The van der Waals surface area contributed by atoms with Crippen LogP contribution < -0.4 is 15.5 Å². The lowest BCUT2D eigenvalue weighted by molar-refractivity contribution is -0.00502. The molecule has 2 heterocycles. The van der Waals surface area contributed by atoms with Gasteiger partial charge in [0, 0.05) is 57.2 Å². The van der Waals surface area contributed by atoms with Crippen LogP contribution in [0.15, 0.2) is 35.3 Å². The minimum absolute atomic E-state index is 0.140. The summed E-state index contributed by atoms with van der Waals surface area (Å²) in [7, 11) is 6.18. The van der Waals surface area contributed by atoms with Crippen LogP contribution >= 0.6 is 0 Å². The number of aliphatic imine (C=N–C) groups is 1. The van der Waals surface area contributed by atoms with Crippen molar-refractivity contribution in [1.82, 2.24) is 15.5 Å². The Hall–Kier alpha value is -1.79. The van der Waals surface area contributed by atoms with Crippen molar-refractivity contribution in [1.29, 1.82) is 0 Å². The number of hydrogen-bond donors (Lipinski definition) is 2. The second-order valence-electron chi connectivity index (χ2n) is 7.57. The van der Waals surface area contributed by atoms with Gasteiger partial charge in [0.05, 0.1) is 0 Å². The predicted molar refractivity (Wildman–Crippen MR) is 108 cm³/mol. The van der Waals surface area contributed by atoms with E-state index in [-0.39, 0.29) is 5.54 Å². The van der Waals surface area contributed by atoms with Crippen LogP contribution in [0.1, 0.15) is 19.3 Å². The lowest BCUT2D eigenvalue weighted by Gasteiger charge is -2.43. The molecule has 6 heteroatoms. The summed E-state index contributed by atoms with van der Waals surface area (Å²) in [6.07, 6.45) is 3.23. The highest BCUT2D eigenvalue weighted by Gasteiger charge is 2.35. The first kappa shape index (κ1) is 19.0. The molecule has 26 heavy (non-hydrogen) atoms. The van der Waals surface area contributed by atoms with Gasteiger partial charge in [-0.15, -0.1) is 0 Å². The monoisotopic (exact) mass is 359 g/mol. The topological polar surface area (TPSA) is 52.1 Å². The number of hydrogen-bond acceptors (Lipinski definition) is 4. The number of para-hydroxylation sites is 1. The van der Waals surface area contributed by atoms with Gasteiger partial charge in [0.2, 0.25) is 0 Å². The minimum Gasteiger partial charge on any atom is -0.381 e. The maximum absolute atomic E-state index is 5.56. The van der Waals surface area contributed by atoms with Crippen LogP contribution in [-0.2, 0) is 4.74 Å². The molecule has 0 aromatic heterocycles. The number of ether oxygens (including phenoxy) is 1. The zero-order valence-electron chi connectivity index (χ0n) is 16.4. The molecule has 2 fully saturated rings. The molecule has 0 aliphatic carbocycles. The molecule has 2 aliphatic heterocycles. The van der Waals surface area contributed by atoms with Gasteiger partial charge in [-0.3, -0.25) is 4.99 Å². The van der Waals surface area contributed by atoms with E-state index < -0.39 is 0 Å². The molecule has 3 rings (SSSR count). The molecule has 0 saturated carbocycles. The average Bonchev–Trinajstić information content (AvgIpc) is 3.15. The Bertz CT molecular complexity index is 583. The number of nitrogens with one attached hydrogen (secondary N) is 2. The molecule has 2 saturated heterocycles. The maximum atomic E-state index is 5.56. The van der Waals surface area contributed by atoms with Crippen molar-refractivity contribution in [3.05, 3.63) is 30.3 Å². The van der Waals surface area contributed by atoms with E-state index in [0.717, 1.165) is 58.1 Å². The number of benzene rings is 1. The minimum atomic E-state index is 0.140.